The number of fused-ring (bicyclic) bond motifs is 1. The first kappa shape index (κ1) is 11.0. The SMILES string of the molecule is C[C@@H](O)CNC1CCSc2ccccc21. The number of hydrogen-bond acceptors (Lipinski definition) is 3. The molecular weight excluding hydrogens is 206 g/mol. The molecule has 0 aromatic heterocycles. The van der Waals surface area contributed by atoms with E-state index in [-0.39, 0.29) is 6.10 Å². The summed E-state index contributed by atoms with van der Waals surface area (Å²) in [6.45, 7) is 2.49. The second kappa shape index (κ2) is 5.01. The first-order valence-corrected chi connectivity index (χ1v) is 6.39. The molecule has 1 heterocycles. The van der Waals surface area contributed by atoms with E-state index in [4.69, 9.17) is 0 Å². The van der Waals surface area contributed by atoms with E-state index in [2.05, 4.69) is 29.6 Å². The van der Waals surface area contributed by atoms with Crippen LogP contribution in [0.4, 0.5) is 0 Å². The molecule has 1 aliphatic rings. The summed E-state index contributed by atoms with van der Waals surface area (Å²) in [5.41, 5.74) is 1.38. The largest absolute Gasteiger partial charge is 0.392 e. The van der Waals surface area contributed by atoms with Crippen molar-refractivity contribution in [3.63, 3.8) is 0 Å². The molecule has 0 amide bonds. The molecule has 82 valence electrons. The van der Waals surface area contributed by atoms with Crippen LogP contribution in [0.3, 0.4) is 0 Å². The highest BCUT2D eigenvalue weighted by Gasteiger charge is 2.19. The maximum Gasteiger partial charge on any atom is 0.0636 e. The van der Waals surface area contributed by atoms with Gasteiger partial charge in [0.2, 0.25) is 0 Å². The molecule has 0 saturated heterocycles. The van der Waals surface area contributed by atoms with Gasteiger partial charge in [-0.25, -0.2) is 0 Å². The quantitative estimate of drug-likeness (QED) is 0.824. The number of aliphatic hydroxyl groups is 1. The number of hydrogen-bond donors (Lipinski definition) is 2. The van der Waals surface area contributed by atoms with Gasteiger partial charge in [-0.2, -0.15) is 0 Å². The summed E-state index contributed by atoms with van der Waals surface area (Å²) in [7, 11) is 0. The van der Waals surface area contributed by atoms with Gasteiger partial charge in [0.1, 0.15) is 0 Å². The van der Waals surface area contributed by atoms with Crippen molar-refractivity contribution in [3.05, 3.63) is 29.8 Å². The van der Waals surface area contributed by atoms with E-state index < -0.39 is 0 Å². The molecular formula is C12H17NOS. The van der Waals surface area contributed by atoms with E-state index in [1.54, 1.807) is 0 Å². The fourth-order valence-corrected chi connectivity index (χ4v) is 2.99. The minimum absolute atomic E-state index is 0.272. The van der Waals surface area contributed by atoms with Crippen molar-refractivity contribution in [3.8, 4) is 0 Å². The van der Waals surface area contributed by atoms with Crippen molar-refractivity contribution in [1.29, 1.82) is 0 Å². The Bertz CT molecular complexity index is 327. The van der Waals surface area contributed by atoms with Crippen LogP contribution < -0.4 is 5.32 Å². The standard InChI is InChI=1S/C12H17NOS/c1-9(14)8-13-11-6-7-15-12-5-3-2-4-10(11)12/h2-5,9,11,13-14H,6-8H2,1H3/t9-,11?/m1/s1. The van der Waals surface area contributed by atoms with Gasteiger partial charge < -0.3 is 10.4 Å². The van der Waals surface area contributed by atoms with E-state index in [1.165, 1.54) is 10.5 Å². The van der Waals surface area contributed by atoms with Crippen molar-refractivity contribution >= 4 is 11.8 Å². The molecule has 0 fully saturated rings. The minimum Gasteiger partial charge on any atom is -0.392 e. The average molecular weight is 223 g/mol. The van der Waals surface area contributed by atoms with Gasteiger partial charge in [0.15, 0.2) is 0 Å². The molecule has 0 saturated carbocycles. The fourth-order valence-electron chi connectivity index (χ4n) is 1.87. The Labute approximate surface area is 95.1 Å². The number of thioether (sulfide) groups is 1. The maximum absolute atomic E-state index is 9.26. The van der Waals surface area contributed by atoms with Gasteiger partial charge in [-0.05, 0) is 30.7 Å². The number of nitrogens with one attached hydrogen (secondary N) is 1. The molecule has 1 aliphatic heterocycles. The Morgan fingerprint density at radius 3 is 3.13 bits per heavy atom. The number of rotatable bonds is 3. The lowest BCUT2D eigenvalue weighted by molar-refractivity contribution is 0.185. The molecule has 2 nitrogen and oxygen atoms in total. The average Bonchev–Trinajstić information content (AvgIpc) is 2.26. The third kappa shape index (κ3) is 2.74. The summed E-state index contributed by atoms with van der Waals surface area (Å²) in [6, 6.07) is 8.94. The van der Waals surface area contributed by atoms with Crippen LogP contribution in [-0.4, -0.2) is 23.5 Å². The van der Waals surface area contributed by atoms with Crippen LogP contribution in [0.25, 0.3) is 0 Å². The maximum atomic E-state index is 9.26. The van der Waals surface area contributed by atoms with Crippen LogP contribution in [-0.2, 0) is 0 Å². The summed E-state index contributed by atoms with van der Waals surface area (Å²) in [5, 5.41) is 12.7. The molecule has 1 aromatic carbocycles. The zero-order valence-corrected chi connectivity index (χ0v) is 9.76. The second-order valence-corrected chi connectivity index (χ2v) is 5.12. The molecule has 2 rings (SSSR count). The molecule has 2 N–H and O–H groups in total. The molecule has 0 radical (unpaired) electrons. The monoisotopic (exact) mass is 223 g/mol. The van der Waals surface area contributed by atoms with Gasteiger partial charge in [0, 0.05) is 17.5 Å². The van der Waals surface area contributed by atoms with Gasteiger partial charge in [-0.1, -0.05) is 18.2 Å². The number of aliphatic hydroxyl groups excluding tert-OH is 1. The minimum atomic E-state index is -0.272. The smallest absolute Gasteiger partial charge is 0.0636 e. The lowest BCUT2D eigenvalue weighted by atomic mass is 10.0. The van der Waals surface area contributed by atoms with Crippen LogP contribution in [0.5, 0.6) is 0 Å². The Kier molecular flexibility index (Phi) is 3.67. The third-order valence-corrected chi connectivity index (χ3v) is 3.74. The number of benzene rings is 1. The molecule has 15 heavy (non-hydrogen) atoms. The van der Waals surface area contributed by atoms with Crippen molar-refractivity contribution in [2.45, 2.75) is 30.4 Å². The molecule has 2 atom stereocenters. The summed E-state index contributed by atoms with van der Waals surface area (Å²) >= 11 is 1.92. The molecule has 1 unspecified atom stereocenters. The summed E-state index contributed by atoms with van der Waals surface area (Å²) < 4.78 is 0. The first-order valence-electron chi connectivity index (χ1n) is 5.40. The van der Waals surface area contributed by atoms with E-state index in [1.807, 2.05) is 18.7 Å². The second-order valence-electron chi connectivity index (χ2n) is 3.98. The van der Waals surface area contributed by atoms with Crippen LogP contribution >= 0.6 is 11.8 Å². The highest BCUT2D eigenvalue weighted by Crippen LogP contribution is 2.35. The predicted octanol–water partition coefficient (Wildman–Crippen LogP) is 2.19. The third-order valence-electron chi connectivity index (χ3n) is 2.62. The van der Waals surface area contributed by atoms with E-state index in [9.17, 15) is 5.11 Å². The predicted molar refractivity (Wildman–Crippen MR) is 64.2 cm³/mol. The normalized spacial score (nSPS) is 22.1. The van der Waals surface area contributed by atoms with Gasteiger partial charge in [0.25, 0.3) is 0 Å². The molecule has 0 bridgehead atoms. The van der Waals surface area contributed by atoms with Gasteiger partial charge >= 0.3 is 0 Å². The Morgan fingerprint density at radius 1 is 1.53 bits per heavy atom. The van der Waals surface area contributed by atoms with Crippen molar-refractivity contribution < 1.29 is 5.11 Å². The van der Waals surface area contributed by atoms with Crippen molar-refractivity contribution in [2.24, 2.45) is 0 Å². The van der Waals surface area contributed by atoms with E-state index in [0.717, 1.165) is 12.2 Å². The highest BCUT2D eigenvalue weighted by atomic mass is 32.2. The van der Waals surface area contributed by atoms with E-state index in [0.29, 0.717) is 12.6 Å². The van der Waals surface area contributed by atoms with Crippen LogP contribution in [0.2, 0.25) is 0 Å². The summed E-state index contributed by atoms with van der Waals surface area (Å²) in [6.07, 6.45) is 0.876. The zero-order chi connectivity index (χ0) is 10.7. The van der Waals surface area contributed by atoms with Crippen molar-refractivity contribution in [1.82, 2.24) is 5.32 Å². The summed E-state index contributed by atoms with van der Waals surface area (Å²) in [4.78, 5) is 1.38. The lowest BCUT2D eigenvalue weighted by Gasteiger charge is -2.26. The Hall–Kier alpha value is -0.510. The Morgan fingerprint density at radius 2 is 2.33 bits per heavy atom. The first-order chi connectivity index (χ1) is 7.27. The molecule has 3 heteroatoms. The van der Waals surface area contributed by atoms with Crippen LogP contribution in [0.1, 0.15) is 24.9 Å². The fraction of sp³-hybridized carbons (Fsp3) is 0.500. The molecule has 0 spiro atoms. The van der Waals surface area contributed by atoms with Gasteiger partial charge in [0.05, 0.1) is 6.10 Å². The topological polar surface area (TPSA) is 32.3 Å². The summed E-state index contributed by atoms with van der Waals surface area (Å²) in [5.74, 6) is 1.16. The highest BCUT2D eigenvalue weighted by molar-refractivity contribution is 7.99. The molecule has 1 aromatic rings. The van der Waals surface area contributed by atoms with Gasteiger partial charge in [-0.15, -0.1) is 11.8 Å². The van der Waals surface area contributed by atoms with Crippen LogP contribution in [0.15, 0.2) is 29.2 Å². The van der Waals surface area contributed by atoms with Crippen LogP contribution in [0, 0.1) is 0 Å². The van der Waals surface area contributed by atoms with Gasteiger partial charge in [-0.3, -0.25) is 0 Å². The Balaban J connectivity index is 2.08. The zero-order valence-electron chi connectivity index (χ0n) is 8.94. The lowest BCUT2D eigenvalue weighted by Crippen LogP contribution is -2.30. The van der Waals surface area contributed by atoms with Crippen molar-refractivity contribution in [2.75, 3.05) is 12.3 Å². The molecule has 0 aliphatic carbocycles. The van der Waals surface area contributed by atoms with E-state index >= 15 is 0 Å².